The summed E-state index contributed by atoms with van der Waals surface area (Å²) < 4.78 is 6.59. The molecule has 3 rings (SSSR count). The fourth-order valence-electron chi connectivity index (χ4n) is 3.43. The van der Waals surface area contributed by atoms with Gasteiger partial charge in [-0.05, 0) is 57.4 Å². The van der Waals surface area contributed by atoms with Crippen LogP contribution in [-0.2, 0) is 4.79 Å². The van der Waals surface area contributed by atoms with Crippen LogP contribution in [0, 0.1) is 0 Å². The van der Waals surface area contributed by atoms with E-state index in [4.69, 9.17) is 10.6 Å². The lowest BCUT2D eigenvalue weighted by molar-refractivity contribution is -0.134. The fourth-order valence-corrected chi connectivity index (χ4v) is 4.15. The number of carbonyl (C=O) groups excluding carboxylic acids is 1. The monoisotopic (exact) mass is 375 g/mol. The molecule has 1 aromatic heterocycles. The molecule has 0 radical (unpaired) electrons. The van der Waals surface area contributed by atoms with Gasteiger partial charge in [-0.15, -0.1) is 10.2 Å². The number of nitrogen functional groups attached to an aromatic ring is 1. The molecule has 0 aliphatic carbocycles. The van der Waals surface area contributed by atoms with E-state index in [2.05, 4.69) is 24.0 Å². The number of benzene rings is 1. The van der Waals surface area contributed by atoms with Gasteiger partial charge in [-0.1, -0.05) is 11.8 Å². The standard InChI is InChI=1S/C18H25N5O2S/c1-12-5-4-6-13(2)22(12)16(24)11-26-18-21-20-17(23(18)19)14-7-9-15(25-3)10-8-14/h7-10,12-13H,4-6,11,19H2,1-3H3. The Morgan fingerprint density at radius 1 is 1.23 bits per heavy atom. The smallest absolute Gasteiger partial charge is 0.233 e. The second-order valence-corrected chi connectivity index (χ2v) is 7.57. The molecule has 1 amide bonds. The van der Waals surface area contributed by atoms with Gasteiger partial charge >= 0.3 is 0 Å². The van der Waals surface area contributed by atoms with Crippen LogP contribution in [0.1, 0.15) is 33.1 Å². The van der Waals surface area contributed by atoms with Gasteiger partial charge in [0.15, 0.2) is 5.82 Å². The highest BCUT2D eigenvalue weighted by Crippen LogP contribution is 2.26. The largest absolute Gasteiger partial charge is 0.497 e. The number of rotatable bonds is 5. The van der Waals surface area contributed by atoms with Crippen LogP contribution in [0.2, 0.25) is 0 Å². The molecule has 1 aliphatic heterocycles. The molecule has 140 valence electrons. The molecule has 1 aliphatic rings. The Bertz CT molecular complexity index is 751. The minimum absolute atomic E-state index is 0.128. The van der Waals surface area contributed by atoms with E-state index in [0.29, 0.717) is 16.7 Å². The number of nitrogens with zero attached hydrogens (tertiary/aromatic N) is 4. The normalized spacial score (nSPS) is 20.2. The number of ether oxygens (including phenoxy) is 1. The maximum atomic E-state index is 12.6. The third-order valence-electron chi connectivity index (χ3n) is 4.82. The Kier molecular flexibility index (Phi) is 5.70. The van der Waals surface area contributed by atoms with Gasteiger partial charge in [0.05, 0.1) is 12.9 Å². The summed E-state index contributed by atoms with van der Waals surface area (Å²) in [4.78, 5) is 14.6. The van der Waals surface area contributed by atoms with Crippen molar-refractivity contribution in [3.63, 3.8) is 0 Å². The molecule has 8 heteroatoms. The average molecular weight is 375 g/mol. The summed E-state index contributed by atoms with van der Waals surface area (Å²) in [6.07, 6.45) is 3.31. The van der Waals surface area contributed by atoms with Gasteiger partial charge in [0, 0.05) is 17.6 Å². The van der Waals surface area contributed by atoms with E-state index in [1.165, 1.54) is 22.9 Å². The molecule has 0 bridgehead atoms. The molecule has 2 N–H and O–H groups in total. The van der Waals surface area contributed by atoms with Gasteiger partial charge in [-0.25, -0.2) is 4.68 Å². The molecule has 2 atom stereocenters. The molecule has 1 aromatic carbocycles. The van der Waals surface area contributed by atoms with Crippen molar-refractivity contribution < 1.29 is 9.53 Å². The first-order chi connectivity index (χ1) is 12.5. The van der Waals surface area contributed by atoms with Crippen LogP contribution in [0.3, 0.4) is 0 Å². The maximum absolute atomic E-state index is 12.6. The van der Waals surface area contributed by atoms with Crippen molar-refractivity contribution in [2.24, 2.45) is 0 Å². The minimum Gasteiger partial charge on any atom is -0.497 e. The molecular weight excluding hydrogens is 350 g/mol. The topological polar surface area (TPSA) is 86.3 Å². The number of hydrogen-bond donors (Lipinski definition) is 1. The number of thioether (sulfide) groups is 1. The Morgan fingerprint density at radius 3 is 2.50 bits per heavy atom. The Hall–Kier alpha value is -2.22. The van der Waals surface area contributed by atoms with Crippen LogP contribution >= 0.6 is 11.8 Å². The Labute approximate surface area is 157 Å². The van der Waals surface area contributed by atoms with Crippen LogP contribution < -0.4 is 10.6 Å². The predicted molar refractivity (Wildman–Crippen MR) is 103 cm³/mol. The molecular formula is C18H25N5O2S. The van der Waals surface area contributed by atoms with E-state index in [9.17, 15) is 4.79 Å². The van der Waals surface area contributed by atoms with E-state index in [0.717, 1.165) is 24.2 Å². The minimum atomic E-state index is 0.128. The first-order valence-electron chi connectivity index (χ1n) is 8.80. The summed E-state index contributed by atoms with van der Waals surface area (Å²) in [5.74, 6) is 7.90. The number of nitrogens with two attached hydrogens (primary N) is 1. The predicted octanol–water partition coefficient (Wildman–Crippen LogP) is 2.55. The summed E-state index contributed by atoms with van der Waals surface area (Å²) in [7, 11) is 1.62. The third-order valence-corrected chi connectivity index (χ3v) is 5.75. The van der Waals surface area contributed by atoms with E-state index in [1.54, 1.807) is 7.11 Å². The molecule has 0 saturated carbocycles. The summed E-state index contributed by atoms with van der Waals surface area (Å²) in [5, 5.41) is 8.83. The number of amides is 1. The average Bonchev–Trinajstić information content (AvgIpc) is 3.00. The first kappa shape index (κ1) is 18.6. The molecule has 2 heterocycles. The Balaban J connectivity index is 1.67. The highest BCUT2D eigenvalue weighted by atomic mass is 32.2. The van der Waals surface area contributed by atoms with Crippen LogP contribution in [0.25, 0.3) is 11.4 Å². The van der Waals surface area contributed by atoms with Crippen LogP contribution in [0.5, 0.6) is 5.75 Å². The number of methoxy groups -OCH3 is 1. The van der Waals surface area contributed by atoms with Crippen molar-refractivity contribution in [3.05, 3.63) is 24.3 Å². The summed E-state index contributed by atoms with van der Waals surface area (Å²) in [6.45, 7) is 4.23. The molecule has 0 spiro atoms. The van der Waals surface area contributed by atoms with Gasteiger partial charge in [0.2, 0.25) is 11.1 Å². The van der Waals surface area contributed by atoms with Crippen molar-refractivity contribution in [1.82, 2.24) is 19.8 Å². The van der Waals surface area contributed by atoms with Crippen LogP contribution in [0.4, 0.5) is 0 Å². The van der Waals surface area contributed by atoms with Gasteiger partial charge in [0.1, 0.15) is 5.75 Å². The lowest BCUT2D eigenvalue weighted by Crippen LogP contribution is -2.48. The summed E-state index contributed by atoms with van der Waals surface area (Å²) >= 11 is 1.32. The summed E-state index contributed by atoms with van der Waals surface area (Å²) in [6, 6.07) is 8.03. The highest BCUT2D eigenvalue weighted by molar-refractivity contribution is 7.99. The van der Waals surface area contributed by atoms with Gasteiger partial charge < -0.3 is 15.5 Å². The molecule has 7 nitrogen and oxygen atoms in total. The number of likely N-dealkylation sites (tertiary alicyclic amines) is 1. The van der Waals surface area contributed by atoms with Gasteiger partial charge in [-0.3, -0.25) is 4.79 Å². The van der Waals surface area contributed by atoms with E-state index >= 15 is 0 Å². The lowest BCUT2D eigenvalue weighted by Gasteiger charge is -2.39. The second kappa shape index (κ2) is 7.99. The Morgan fingerprint density at radius 2 is 1.88 bits per heavy atom. The van der Waals surface area contributed by atoms with Crippen molar-refractivity contribution in [3.8, 4) is 17.1 Å². The quantitative estimate of drug-likeness (QED) is 0.638. The van der Waals surface area contributed by atoms with E-state index in [-0.39, 0.29) is 18.0 Å². The molecule has 2 unspecified atom stereocenters. The summed E-state index contributed by atoms with van der Waals surface area (Å²) in [5.41, 5.74) is 0.845. The number of piperidine rings is 1. The number of aromatic nitrogens is 3. The highest BCUT2D eigenvalue weighted by Gasteiger charge is 2.29. The van der Waals surface area contributed by atoms with Gasteiger partial charge in [0.25, 0.3) is 0 Å². The molecule has 2 aromatic rings. The van der Waals surface area contributed by atoms with E-state index < -0.39 is 0 Å². The zero-order valence-corrected chi connectivity index (χ0v) is 16.2. The van der Waals surface area contributed by atoms with Gasteiger partial charge in [-0.2, -0.15) is 0 Å². The second-order valence-electron chi connectivity index (χ2n) is 6.62. The first-order valence-corrected chi connectivity index (χ1v) is 9.78. The maximum Gasteiger partial charge on any atom is 0.233 e. The number of carbonyl (C=O) groups is 1. The van der Waals surface area contributed by atoms with Crippen molar-refractivity contribution in [2.45, 2.75) is 50.4 Å². The molecule has 26 heavy (non-hydrogen) atoms. The third kappa shape index (κ3) is 3.80. The number of hydrogen-bond acceptors (Lipinski definition) is 6. The molecule has 1 saturated heterocycles. The van der Waals surface area contributed by atoms with Crippen molar-refractivity contribution in [1.29, 1.82) is 0 Å². The fraction of sp³-hybridized carbons (Fsp3) is 0.500. The van der Waals surface area contributed by atoms with E-state index in [1.807, 2.05) is 29.2 Å². The lowest BCUT2D eigenvalue weighted by atomic mass is 9.98. The van der Waals surface area contributed by atoms with Crippen LogP contribution in [-0.4, -0.2) is 50.6 Å². The van der Waals surface area contributed by atoms with Crippen molar-refractivity contribution in [2.75, 3.05) is 18.7 Å². The zero-order valence-electron chi connectivity index (χ0n) is 15.4. The SMILES string of the molecule is COc1ccc(-c2nnc(SCC(=O)N3C(C)CCCC3C)n2N)cc1. The molecule has 1 fully saturated rings. The van der Waals surface area contributed by atoms with Crippen molar-refractivity contribution >= 4 is 17.7 Å². The van der Waals surface area contributed by atoms with Crippen LogP contribution in [0.15, 0.2) is 29.4 Å². The zero-order chi connectivity index (χ0) is 18.7.